The monoisotopic (exact) mass is 443 g/mol. The van der Waals surface area contributed by atoms with Crippen LogP contribution >= 0.6 is 0 Å². The average Bonchev–Trinajstić information content (AvgIpc) is 3.06. The number of hydrogen-bond donors (Lipinski definition) is 2. The number of alkyl halides is 2. The smallest absolute Gasteiger partial charge is 0.255 e. The molecule has 2 amide bonds. The molecular weight excluding hydrogens is 416 g/mol. The number of halogens is 2. The van der Waals surface area contributed by atoms with Crippen LogP contribution in [0.4, 0.5) is 8.78 Å². The van der Waals surface area contributed by atoms with E-state index in [9.17, 15) is 18.4 Å². The highest BCUT2D eigenvalue weighted by molar-refractivity contribution is 5.97. The highest BCUT2D eigenvalue weighted by atomic mass is 19.3. The molecule has 1 fully saturated rings. The minimum absolute atomic E-state index is 0.273. The number of fused-ring (bicyclic) bond motifs is 1. The van der Waals surface area contributed by atoms with Crippen LogP contribution in [-0.2, 0) is 17.8 Å². The van der Waals surface area contributed by atoms with Gasteiger partial charge in [0.2, 0.25) is 5.91 Å². The van der Waals surface area contributed by atoms with E-state index in [0.29, 0.717) is 43.8 Å². The molecule has 0 unspecified atom stereocenters. The molecule has 2 atom stereocenters. The van der Waals surface area contributed by atoms with Crippen molar-refractivity contribution in [3.63, 3.8) is 0 Å². The number of nitrogens with one attached hydrogen (secondary N) is 2. The van der Waals surface area contributed by atoms with Gasteiger partial charge in [0.25, 0.3) is 12.3 Å². The van der Waals surface area contributed by atoms with Gasteiger partial charge in [0.05, 0.1) is 25.1 Å². The van der Waals surface area contributed by atoms with Gasteiger partial charge in [-0.15, -0.1) is 0 Å². The largest absolute Gasteiger partial charge is 0.497 e. The Balaban J connectivity index is 1.61. The van der Waals surface area contributed by atoms with E-state index in [1.165, 1.54) is 0 Å². The van der Waals surface area contributed by atoms with E-state index in [-0.39, 0.29) is 5.91 Å². The van der Waals surface area contributed by atoms with E-state index >= 15 is 0 Å². The molecule has 0 aliphatic carbocycles. The number of carbonyl (C=O) groups is 2. The van der Waals surface area contributed by atoms with E-state index in [1.54, 1.807) is 13.2 Å². The fourth-order valence-corrected chi connectivity index (χ4v) is 4.81. The summed E-state index contributed by atoms with van der Waals surface area (Å²) in [4.78, 5) is 28.3. The van der Waals surface area contributed by atoms with Crippen LogP contribution in [0, 0.1) is 5.92 Å². The Labute approximate surface area is 185 Å². The molecular formula is C24H27F2N3O3. The summed E-state index contributed by atoms with van der Waals surface area (Å²) >= 11 is 0. The van der Waals surface area contributed by atoms with E-state index in [1.807, 2.05) is 42.5 Å². The summed E-state index contributed by atoms with van der Waals surface area (Å²) < 4.78 is 30.8. The molecule has 2 aromatic rings. The standard InChI is InChI=1S/C24H27F2N3O3/c1-32-18-8-7-17-9-10-24(28-22(30)19(17)11-18)15-29(13-16-5-3-2-4-6-16)14-20(24)23(31)27-12-21(25)26/h2-8,11,20-21H,9-10,12-15H2,1H3,(H,27,31)(H,28,30)/t20-,24+/m0/s1. The van der Waals surface area contributed by atoms with Gasteiger partial charge in [0.1, 0.15) is 5.75 Å². The Bertz CT molecular complexity index is 986. The number of benzene rings is 2. The van der Waals surface area contributed by atoms with Gasteiger partial charge in [0.15, 0.2) is 0 Å². The number of rotatable bonds is 6. The molecule has 0 aromatic heterocycles. The van der Waals surface area contributed by atoms with Crippen molar-refractivity contribution in [2.24, 2.45) is 5.92 Å². The fraction of sp³-hybridized carbons (Fsp3) is 0.417. The number of aryl methyl sites for hydroxylation is 1. The van der Waals surface area contributed by atoms with Crippen LogP contribution < -0.4 is 15.4 Å². The van der Waals surface area contributed by atoms with Crippen LogP contribution in [0.3, 0.4) is 0 Å². The average molecular weight is 443 g/mol. The topological polar surface area (TPSA) is 70.7 Å². The SMILES string of the molecule is COc1ccc2c(c1)C(=O)N[C@]1(CC2)CN(Cc2ccccc2)C[C@H]1C(=O)NCC(F)F. The molecule has 2 aromatic carbocycles. The molecule has 8 heteroatoms. The summed E-state index contributed by atoms with van der Waals surface area (Å²) in [6.45, 7) is 0.753. The first-order valence-electron chi connectivity index (χ1n) is 10.7. The zero-order valence-corrected chi connectivity index (χ0v) is 17.9. The highest BCUT2D eigenvalue weighted by Gasteiger charge is 2.51. The van der Waals surface area contributed by atoms with Gasteiger partial charge in [-0.25, -0.2) is 8.78 Å². The summed E-state index contributed by atoms with van der Waals surface area (Å²) in [5.74, 6) is -0.780. The molecule has 1 saturated heterocycles. The third kappa shape index (κ3) is 4.60. The van der Waals surface area contributed by atoms with Crippen LogP contribution in [0.2, 0.25) is 0 Å². The van der Waals surface area contributed by atoms with Crippen LogP contribution in [0.1, 0.15) is 27.9 Å². The van der Waals surface area contributed by atoms with Crippen molar-refractivity contribution in [3.05, 3.63) is 65.2 Å². The first kappa shape index (κ1) is 22.2. The maximum Gasteiger partial charge on any atom is 0.255 e. The second kappa shape index (κ2) is 9.24. The second-order valence-electron chi connectivity index (χ2n) is 8.48. The van der Waals surface area contributed by atoms with Gasteiger partial charge < -0.3 is 15.4 Å². The Morgan fingerprint density at radius 2 is 2.06 bits per heavy atom. The lowest BCUT2D eigenvalue weighted by molar-refractivity contribution is -0.127. The number of ether oxygens (including phenoxy) is 1. The van der Waals surface area contributed by atoms with Gasteiger partial charge in [0, 0.05) is 25.2 Å². The number of carbonyl (C=O) groups excluding carboxylic acids is 2. The van der Waals surface area contributed by atoms with Crippen molar-refractivity contribution in [2.75, 3.05) is 26.7 Å². The van der Waals surface area contributed by atoms with Gasteiger partial charge in [-0.3, -0.25) is 14.5 Å². The molecule has 6 nitrogen and oxygen atoms in total. The molecule has 0 saturated carbocycles. The first-order chi connectivity index (χ1) is 15.4. The molecule has 1 spiro atoms. The van der Waals surface area contributed by atoms with Gasteiger partial charge in [-0.05, 0) is 36.1 Å². The van der Waals surface area contributed by atoms with Crippen LogP contribution in [-0.4, -0.2) is 55.4 Å². The molecule has 2 heterocycles. The summed E-state index contributed by atoms with van der Waals surface area (Å²) in [6.07, 6.45) is -1.50. The minimum atomic E-state index is -2.63. The predicted molar refractivity (Wildman–Crippen MR) is 116 cm³/mol. The van der Waals surface area contributed by atoms with Gasteiger partial charge in [-0.1, -0.05) is 36.4 Å². The summed E-state index contributed by atoms with van der Waals surface area (Å²) in [6, 6.07) is 15.2. The number of nitrogens with zero attached hydrogens (tertiary/aromatic N) is 1. The minimum Gasteiger partial charge on any atom is -0.497 e. The molecule has 170 valence electrons. The van der Waals surface area contributed by atoms with Crippen molar-refractivity contribution in [2.45, 2.75) is 31.4 Å². The van der Waals surface area contributed by atoms with Crippen molar-refractivity contribution in [1.29, 1.82) is 0 Å². The Kier molecular flexibility index (Phi) is 6.41. The Morgan fingerprint density at radius 1 is 1.28 bits per heavy atom. The van der Waals surface area contributed by atoms with Gasteiger partial charge in [-0.2, -0.15) is 0 Å². The summed E-state index contributed by atoms with van der Waals surface area (Å²) in [5, 5.41) is 5.48. The van der Waals surface area contributed by atoms with Crippen LogP contribution in [0.15, 0.2) is 48.5 Å². The van der Waals surface area contributed by atoms with Crippen molar-refractivity contribution in [1.82, 2.24) is 15.5 Å². The molecule has 0 bridgehead atoms. The lowest BCUT2D eigenvalue weighted by Gasteiger charge is -2.34. The third-order valence-corrected chi connectivity index (χ3v) is 6.37. The van der Waals surface area contributed by atoms with E-state index < -0.39 is 30.3 Å². The number of hydrogen-bond acceptors (Lipinski definition) is 4. The Morgan fingerprint density at radius 3 is 2.78 bits per heavy atom. The van der Waals surface area contributed by atoms with Crippen LogP contribution in [0.5, 0.6) is 5.75 Å². The van der Waals surface area contributed by atoms with Crippen molar-refractivity contribution >= 4 is 11.8 Å². The summed E-state index contributed by atoms with van der Waals surface area (Å²) in [7, 11) is 1.54. The van der Waals surface area contributed by atoms with E-state index in [2.05, 4.69) is 15.5 Å². The number of methoxy groups -OCH3 is 1. The number of likely N-dealkylation sites (tertiary alicyclic amines) is 1. The second-order valence-corrected chi connectivity index (χ2v) is 8.48. The van der Waals surface area contributed by atoms with E-state index in [0.717, 1.165) is 11.1 Å². The normalized spacial score (nSPS) is 23.0. The Hall–Kier alpha value is -3.00. The lowest BCUT2D eigenvalue weighted by atomic mass is 9.82. The maximum absolute atomic E-state index is 13.2. The van der Waals surface area contributed by atoms with Crippen molar-refractivity contribution < 1.29 is 23.1 Å². The highest BCUT2D eigenvalue weighted by Crippen LogP contribution is 2.36. The summed E-state index contributed by atoms with van der Waals surface area (Å²) in [5.41, 5.74) is 1.65. The zero-order valence-electron chi connectivity index (χ0n) is 17.9. The van der Waals surface area contributed by atoms with Gasteiger partial charge >= 0.3 is 0 Å². The van der Waals surface area contributed by atoms with E-state index in [4.69, 9.17) is 4.74 Å². The molecule has 2 N–H and O–H groups in total. The zero-order chi connectivity index (χ0) is 22.7. The fourth-order valence-electron chi connectivity index (χ4n) is 4.81. The van der Waals surface area contributed by atoms with Crippen LogP contribution in [0.25, 0.3) is 0 Å². The molecule has 32 heavy (non-hydrogen) atoms. The lowest BCUT2D eigenvalue weighted by Crippen LogP contribution is -2.57. The number of amides is 2. The maximum atomic E-state index is 13.2. The van der Waals surface area contributed by atoms with Crippen molar-refractivity contribution in [3.8, 4) is 5.75 Å². The third-order valence-electron chi connectivity index (χ3n) is 6.37. The quantitative estimate of drug-likeness (QED) is 0.720. The molecule has 2 aliphatic heterocycles. The molecule has 2 aliphatic rings. The first-order valence-corrected chi connectivity index (χ1v) is 10.7. The predicted octanol–water partition coefficient (Wildman–Crippen LogP) is 2.62. The molecule has 4 rings (SSSR count). The molecule has 0 radical (unpaired) electrons.